The highest BCUT2D eigenvalue weighted by Gasteiger charge is 2.08. The normalized spacial score (nSPS) is 9.67. The zero-order valence-corrected chi connectivity index (χ0v) is 13.0. The maximum absolute atomic E-state index is 6.24. The molecule has 0 atom stereocenters. The molecule has 0 bridgehead atoms. The summed E-state index contributed by atoms with van der Waals surface area (Å²) in [5.41, 5.74) is 2.34. The number of hydrogen-bond acceptors (Lipinski definition) is 2. The highest BCUT2D eigenvalue weighted by atomic mass is 35.5. The van der Waals surface area contributed by atoms with Crippen molar-refractivity contribution in [3.8, 4) is 5.75 Å². The van der Waals surface area contributed by atoms with Crippen molar-refractivity contribution in [2.75, 3.05) is 20.7 Å². The van der Waals surface area contributed by atoms with Gasteiger partial charge in [0.2, 0.25) is 0 Å². The van der Waals surface area contributed by atoms with Crippen LogP contribution < -0.4 is 10.1 Å². The summed E-state index contributed by atoms with van der Waals surface area (Å²) in [4.78, 5) is 0. The first-order valence-electron chi connectivity index (χ1n) is 6.72. The second-order valence-corrected chi connectivity index (χ2v) is 4.27. The molecule has 18 heavy (non-hydrogen) atoms. The monoisotopic (exact) mass is 271 g/mol. The van der Waals surface area contributed by atoms with Gasteiger partial charge >= 0.3 is 0 Å². The first-order chi connectivity index (χ1) is 8.72. The summed E-state index contributed by atoms with van der Waals surface area (Å²) in [7, 11) is 3.65. The molecular formula is C15H26ClNO. The molecule has 0 aliphatic carbocycles. The molecule has 3 heteroatoms. The third kappa shape index (κ3) is 5.28. The topological polar surface area (TPSA) is 21.3 Å². The average Bonchev–Trinajstić information content (AvgIpc) is 2.41. The Kier molecular flexibility index (Phi) is 9.80. The number of ether oxygens (including phenoxy) is 1. The van der Waals surface area contributed by atoms with Crippen molar-refractivity contribution in [3.05, 3.63) is 28.3 Å². The van der Waals surface area contributed by atoms with E-state index in [2.05, 4.69) is 18.3 Å². The lowest BCUT2D eigenvalue weighted by Crippen LogP contribution is -2.11. The van der Waals surface area contributed by atoms with E-state index in [1.54, 1.807) is 7.11 Å². The lowest BCUT2D eigenvalue weighted by molar-refractivity contribution is 0.409. The molecule has 0 aliphatic rings. The molecule has 0 spiro atoms. The van der Waals surface area contributed by atoms with Crippen molar-refractivity contribution in [1.29, 1.82) is 0 Å². The Hall–Kier alpha value is -0.730. The van der Waals surface area contributed by atoms with E-state index in [4.69, 9.17) is 16.3 Å². The van der Waals surface area contributed by atoms with Crippen LogP contribution in [0.4, 0.5) is 0 Å². The number of halogens is 1. The predicted octanol–water partition coefficient (Wildman–Crippen LogP) is 4.09. The molecule has 0 radical (unpaired) electrons. The molecule has 1 aromatic carbocycles. The third-order valence-electron chi connectivity index (χ3n) is 2.61. The number of benzene rings is 1. The number of nitrogens with one attached hydrogen (secondary N) is 1. The molecule has 104 valence electrons. The fraction of sp³-hybridized carbons (Fsp3) is 0.600. The zero-order chi connectivity index (χ0) is 14.0. The fourth-order valence-electron chi connectivity index (χ4n) is 1.74. The lowest BCUT2D eigenvalue weighted by atomic mass is 10.0. The quantitative estimate of drug-likeness (QED) is 0.841. The molecule has 0 heterocycles. The van der Waals surface area contributed by atoms with Crippen LogP contribution in [0.5, 0.6) is 5.75 Å². The van der Waals surface area contributed by atoms with Gasteiger partial charge in [-0.3, -0.25) is 0 Å². The Labute approximate surface area is 117 Å². The van der Waals surface area contributed by atoms with Crippen LogP contribution in [0.3, 0.4) is 0 Å². The van der Waals surface area contributed by atoms with Gasteiger partial charge in [-0.25, -0.2) is 0 Å². The Morgan fingerprint density at radius 2 is 1.83 bits per heavy atom. The van der Waals surface area contributed by atoms with E-state index < -0.39 is 0 Å². The standard InChI is InChI=1S/C13H20ClNO.C2H6/c1-4-5-10-9-13(16-3)11(6-7-15-2)8-12(10)14;1-2/h8-9,15H,4-7H2,1-3H3;1-2H3. The summed E-state index contributed by atoms with van der Waals surface area (Å²) in [6, 6.07) is 4.10. The van der Waals surface area contributed by atoms with Crippen LogP contribution in [-0.2, 0) is 12.8 Å². The highest BCUT2D eigenvalue weighted by Crippen LogP contribution is 2.28. The Bertz CT molecular complexity index is 340. The second-order valence-electron chi connectivity index (χ2n) is 3.86. The molecule has 0 aliphatic heterocycles. The minimum absolute atomic E-state index is 0.855. The Balaban J connectivity index is 0.00000137. The molecule has 0 saturated heterocycles. The van der Waals surface area contributed by atoms with Crippen LogP contribution in [0.25, 0.3) is 0 Å². The molecule has 0 fully saturated rings. The number of rotatable bonds is 6. The minimum Gasteiger partial charge on any atom is -0.496 e. The Morgan fingerprint density at radius 3 is 2.33 bits per heavy atom. The van der Waals surface area contributed by atoms with Gasteiger partial charge in [0.15, 0.2) is 0 Å². The summed E-state index contributed by atoms with van der Waals surface area (Å²) < 4.78 is 5.40. The van der Waals surface area contributed by atoms with Crippen molar-refractivity contribution < 1.29 is 4.74 Å². The maximum atomic E-state index is 6.24. The Morgan fingerprint density at radius 1 is 1.17 bits per heavy atom. The van der Waals surface area contributed by atoms with E-state index in [0.717, 1.165) is 36.6 Å². The van der Waals surface area contributed by atoms with E-state index in [9.17, 15) is 0 Å². The van der Waals surface area contributed by atoms with Crippen molar-refractivity contribution in [3.63, 3.8) is 0 Å². The van der Waals surface area contributed by atoms with E-state index in [-0.39, 0.29) is 0 Å². The van der Waals surface area contributed by atoms with Crippen LogP contribution >= 0.6 is 11.6 Å². The molecule has 1 aromatic rings. The van der Waals surface area contributed by atoms with Crippen molar-refractivity contribution >= 4 is 11.6 Å². The molecule has 0 amide bonds. The summed E-state index contributed by atoms with van der Waals surface area (Å²) in [5.74, 6) is 0.947. The molecule has 2 nitrogen and oxygen atoms in total. The molecular weight excluding hydrogens is 246 g/mol. The smallest absolute Gasteiger partial charge is 0.122 e. The summed E-state index contributed by atoms with van der Waals surface area (Å²) in [6.45, 7) is 7.08. The average molecular weight is 272 g/mol. The van der Waals surface area contributed by atoms with Gasteiger partial charge in [0.05, 0.1) is 7.11 Å². The van der Waals surface area contributed by atoms with E-state index in [1.807, 2.05) is 27.0 Å². The first-order valence-corrected chi connectivity index (χ1v) is 7.10. The van der Waals surface area contributed by atoms with Crippen molar-refractivity contribution in [1.82, 2.24) is 5.32 Å². The van der Waals surface area contributed by atoms with Gasteiger partial charge in [-0.1, -0.05) is 38.8 Å². The number of aryl methyl sites for hydroxylation is 1. The van der Waals surface area contributed by atoms with Gasteiger partial charge in [-0.15, -0.1) is 0 Å². The molecule has 1 N–H and O–H groups in total. The van der Waals surface area contributed by atoms with Crippen LogP contribution in [0.1, 0.15) is 38.3 Å². The first kappa shape index (κ1) is 17.3. The van der Waals surface area contributed by atoms with Crippen LogP contribution in [0.15, 0.2) is 12.1 Å². The molecule has 0 aromatic heterocycles. The number of likely N-dealkylation sites (N-methyl/N-ethyl adjacent to an activating group) is 1. The van der Waals surface area contributed by atoms with E-state index in [0.29, 0.717) is 0 Å². The predicted molar refractivity (Wildman–Crippen MR) is 81.0 cm³/mol. The van der Waals surface area contributed by atoms with E-state index >= 15 is 0 Å². The summed E-state index contributed by atoms with van der Waals surface area (Å²) in [5, 5.41) is 3.98. The van der Waals surface area contributed by atoms with Crippen LogP contribution in [0, 0.1) is 0 Å². The van der Waals surface area contributed by atoms with Gasteiger partial charge in [0, 0.05) is 5.02 Å². The van der Waals surface area contributed by atoms with Gasteiger partial charge < -0.3 is 10.1 Å². The maximum Gasteiger partial charge on any atom is 0.122 e. The summed E-state index contributed by atoms with van der Waals surface area (Å²) >= 11 is 6.24. The zero-order valence-electron chi connectivity index (χ0n) is 12.3. The van der Waals surface area contributed by atoms with E-state index in [1.165, 1.54) is 11.1 Å². The van der Waals surface area contributed by atoms with Crippen LogP contribution in [-0.4, -0.2) is 20.7 Å². The summed E-state index contributed by atoms with van der Waals surface area (Å²) in [6.07, 6.45) is 3.03. The number of methoxy groups -OCH3 is 1. The SMILES string of the molecule is CC.CCCc1cc(OC)c(CCNC)cc1Cl. The fourth-order valence-corrected chi connectivity index (χ4v) is 2.02. The molecule has 0 saturated carbocycles. The van der Waals surface area contributed by atoms with Gasteiger partial charge in [-0.2, -0.15) is 0 Å². The highest BCUT2D eigenvalue weighted by molar-refractivity contribution is 6.31. The van der Waals surface area contributed by atoms with Crippen molar-refractivity contribution in [2.24, 2.45) is 0 Å². The van der Waals surface area contributed by atoms with Crippen LogP contribution in [0.2, 0.25) is 5.02 Å². The number of hydrogen-bond donors (Lipinski definition) is 1. The van der Waals surface area contributed by atoms with Gasteiger partial charge in [0.1, 0.15) is 5.75 Å². The van der Waals surface area contributed by atoms with Gasteiger partial charge in [-0.05, 0) is 49.7 Å². The third-order valence-corrected chi connectivity index (χ3v) is 2.96. The largest absolute Gasteiger partial charge is 0.496 e. The lowest BCUT2D eigenvalue weighted by Gasteiger charge is -2.12. The second kappa shape index (κ2) is 10.2. The van der Waals surface area contributed by atoms with Gasteiger partial charge in [0.25, 0.3) is 0 Å². The molecule has 1 rings (SSSR count). The minimum atomic E-state index is 0.855. The van der Waals surface area contributed by atoms with Crippen molar-refractivity contribution in [2.45, 2.75) is 40.0 Å². The molecule has 0 unspecified atom stereocenters.